The molecule has 1 aromatic rings. The highest BCUT2D eigenvalue weighted by Crippen LogP contribution is 2.19. The Morgan fingerprint density at radius 2 is 1.79 bits per heavy atom. The van der Waals surface area contributed by atoms with Gasteiger partial charge in [0.25, 0.3) is 0 Å². The van der Waals surface area contributed by atoms with Crippen LogP contribution in [0.5, 0.6) is 0 Å². The lowest BCUT2D eigenvalue weighted by Crippen LogP contribution is -2.43. The molecule has 1 aromatic carbocycles. The number of likely N-dealkylation sites (N-methyl/N-ethyl adjacent to an activating group) is 1. The summed E-state index contributed by atoms with van der Waals surface area (Å²) in [5.41, 5.74) is 1.31. The second-order valence-corrected chi connectivity index (χ2v) is 6.04. The van der Waals surface area contributed by atoms with Gasteiger partial charge in [0, 0.05) is 26.2 Å². The van der Waals surface area contributed by atoms with Gasteiger partial charge in [0.2, 0.25) is 0 Å². The maximum Gasteiger partial charge on any atom is 0.191 e. The van der Waals surface area contributed by atoms with Crippen molar-refractivity contribution < 1.29 is 5.11 Å². The number of hydrogen-bond acceptors (Lipinski definition) is 3. The molecule has 2 atom stereocenters. The zero-order valence-electron chi connectivity index (χ0n) is 15.6. The lowest BCUT2D eigenvalue weighted by molar-refractivity contribution is 0.219. The molecule has 0 aliphatic heterocycles. The summed E-state index contributed by atoms with van der Waals surface area (Å²) in [4.78, 5) is 7.02. The molecular formula is C19H34N4O. The smallest absolute Gasteiger partial charge is 0.191 e. The van der Waals surface area contributed by atoms with Crippen LogP contribution in [0, 0.1) is 5.92 Å². The van der Waals surface area contributed by atoms with Gasteiger partial charge in [-0.25, -0.2) is 0 Å². The van der Waals surface area contributed by atoms with E-state index in [1.54, 1.807) is 0 Å². The fourth-order valence-corrected chi connectivity index (χ4v) is 2.64. The van der Waals surface area contributed by atoms with E-state index in [0.29, 0.717) is 12.6 Å². The Kier molecular flexibility index (Phi) is 10.1. The minimum atomic E-state index is 0.162. The largest absolute Gasteiger partial charge is 0.396 e. The van der Waals surface area contributed by atoms with E-state index in [4.69, 9.17) is 5.11 Å². The molecule has 0 radical (unpaired) electrons. The van der Waals surface area contributed by atoms with Gasteiger partial charge in [-0.3, -0.25) is 9.89 Å². The summed E-state index contributed by atoms with van der Waals surface area (Å²) in [6, 6.07) is 10.9. The highest BCUT2D eigenvalue weighted by molar-refractivity contribution is 5.79. The molecule has 5 heteroatoms. The molecule has 0 amide bonds. The van der Waals surface area contributed by atoms with Crippen molar-refractivity contribution >= 4 is 5.96 Å². The van der Waals surface area contributed by atoms with Crippen molar-refractivity contribution in [1.29, 1.82) is 0 Å². The molecule has 0 aliphatic carbocycles. The first-order valence-corrected chi connectivity index (χ1v) is 9.08. The van der Waals surface area contributed by atoms with Crippen LogP contribution in [0.3, 0.4) is 0 Å². The Labute approximate surface area is 147 Å². The number of nitrogens with one attached hydrogen (secondary N) is 2. The molecule has 5 nitrogen and oxygen atoms in total. The van der Waals surface area contributed by atoms with Gasteiger partial charge in [-0.05, 0) is 31.5 Å². The molecule has 1 rings (SSSR count). The van der Waals surface area contributed by atoms with Gasteiger partial charge < -0.3 is 15.7 Å². The van der Waals surface area contributed by atoms with Gasteiger partial charge in [0.15, 0.2) is 5.96 Å². The normalized spacial score (nSPS) is 14.5. The number of nitrogens with zero attached hydrogens (tertiary/aromatic N) is 2. The molecular weight excluding hydrogens is 300 g/mol. The van der Waals surface area contributed by atoms with E-state index in [1.165, 1.54) is 5.56 Å². The van der Waals surface area contributed by atoms with E-state index in [-0.39, 0.29) is 12.5 Å². The maximum atomic E-state index is 9.16. The summed E-state index contributed by atoms with van der Waals surface area (Å²) in [5.74, 6) is 0.985. The Balaban J connectivity index is 2.80. The maximum absolute atomic E-state index is 9.16. The first kappa shape index (κ1) is 20.5. The van der Waals surface area contributed by atoms with Crippen molar-refractivity contribution in [3.05, 3.63) is 35.9 Å². The number of benzene rings is 1. The van der Waals surface area contributed by atoms with Gasteiger partial charge >= 0.3 is 0 Å². The molecule has 2 unspecified atom stereocenters. The lowest BCUT2D eigenvalue weighted by atomic mass is 10.1. The van der Waals surface area contributed by atoms with Crippen LogP contribution in [0.1, 0.15) is 39.3 Å². The number of guanidine groups is 1. The third kappa shape index (κ3) is 6.89. The van der Waals surface area contributed by atoms with E-state index in [0.717, 1.165) is 32.1 Å². The Bertz CT molecular complexity index is 460. The zero-order valence-corrected chi connectivity index (χ0v) is 15.6. The second kappa shape index (κ2) is 11.9. The molecule has 0 fully saturated rings. The van der Waals surface area contributed by atoms with Gasteiger partial charge in [-0.2, -0.15) is 0 Å². The van der Waals surface area contributed by atoms with Crippen molar-refractivity contribution in [3.8, 4) is 0 Å². The molecule has 0 spiro atoms. The average molecular weight is 335 g/mol. The fourth-order valence-electron chi connectivity index (χ4n) is 2.64. The standard InChI is InChI=1S/C19H34N4O/c1-5-20-19(21-13-16(4)15-24)22-14-18(23(6-2)7-3)17-11-9-8-10-12-17/h8-12,16,18,24H,5-7,13-15H2,1-4H3,(H2,20,21,22). The average Bonchev–Trinajstić information content (AvgIpc) is 2.63. The highest BCUT2D eigenvalue weighted by atomic mass is 16.3. The van der Waals surface area contributed by atoms with Crippen LogP contribution in [0.15, 0.2) is 35.3 Å². The van der Waals surface area contributed by atoms with E-state index < -0.39 is 0 Å². The van der Waals surface area contributed by atoms with Gasteiger partial charge in [0.1, 0.15) is 0 Å². The van der Waals surface area contributed by atoms with E-state index in [2.05, 4.69) is 71.6 Å². The van der Waals surface area contributed by atoms with Crippen LogP contribution in [0.25, 0.3) is 0 Å². The first-order valence-electron chi connectivity index (χ1n) is 9.08. The number of aliphatic hydroxyl groups excluding tert-OH is 1. The summed E-state index contributed by atoms with van der Waals surface area (Å²) in [5, 5.41) is 15.9. The first-order chi connectivity index (χ1) is 11.7. The summed E-state index contributed by atoms with van der Waals surface area (Å²) >= 11 is 0. The zero-order chi connectivity index (χ0) is 17.8. The van der Waals surface area contributed by atoms with Crippen LogP contribution < -0.4 is 10.6 Å². The molecule has 24 heavy (non-hydrogen) atoms. The molecule has 0 bridgehead atoms. The molecule has 0 aliphatic rings. The number of aliphatic hydroxyl groups is 1. The molecule has 3 N–H and O–H groups in total. The van der Waals surface area contributed by atoms with Crippen LogP contribution in [-0.2, 0) is 0 Å². The summed E-state index contributed by atoms with van der Waals surface area (Å²) in [7, 11) is 0. The summed E-state index contributed by atoms with van der Waals surface area (Å²) < 4.78 is 0. The highest BCUT2D eigenvalue weighted by Gasteiger charge is 2.18. The third-order valence-electron chi connectivity index (χ3n) is 4.12. The molecule has 136 valence electrons. The van der Waals surface area contributed by atoms with Gasteiger partial charge in [0.05, 0.1) is 6.04 Å². The Hall–Kier alpha value is -1.59. The van der Waals surface area contributed by atoms with E-state index in [9.17, 15) is 0 Å². The third-order valence-corrected chi connectivity index (χ3v) is 4.12. The SMILES string of the molecule is CCNC(=NCC(C)CO)NCC(c1ccccc1)N(CC)CC. The summed E-state index contributed by atoms with van der Waals surface area (Å²) in [6.07, 6.45) is 0. The van der Waals surface area contributed by atoms with Crippen LogP contribution >= 0.6 is 0 Å². The fraction of sp³-hybridized carbons (Fsp3) is 0.632. The van der Waals surface area contributed by atoms with Gasteiger partial charge in [-0.1, -0.05) is 51.1 Å². The molecule has 0 aromatic heterocycles. The van der Waals surface area contributed by atoms with Gasteiger partial charge in [-0.15, -0.1) is 0 Å². The minimum Gasteiger partial charge on any atom is -0.396 e. The van der Waals surface area contributed by atoms with E-state index in [1.807, 2.05) is 6.92 Å². The van der Waals surface area contributed by atoms with Crippen molar-refractivity contribution in [1.82, 2.24) is 15.5 Å². The van der Waals surface area contributed by atoms with Crippen LogP contribution in [-0.4, -0.2) is 55.3 Å². The lowest BCUT2D eigenvalue weighted by Gasteiger charge is -2.31. The topological polar surface area (TPSA) is 59.9 Å². The Morgan fingerprint density at radius 1 is 1.12 bits per heavy atom. The predicted molar refractivity (Wildman–Crippen MR) is 102 cm³/mol. The monoisotopic (exact) mass is 334 g/mol. The van der Waals surface area contributed by atoms with Crippen LogP contribution in [0.2, 0.25) is 0 Å². The second-order valence-electron chi connectivity index (χ2n) is 6.04. The number of aliphatic imine (C=N–C) groups is 1. The number of rotatable bonds is 10. The van der Waals surface area contributed by atoms with Crippen LogP contribution in [0.4, 0.5) is 0 Å². The quantitative estimate of drug-likeness (QED) is 0.454. The van der Waals surface area contributed by atoms with Crippen molar-refractivity contribution in [3.63, 3.8) is 0 Å². The molecule has 0 saturated carbocycles. The van der Waals surface area contributed by atoms with E-state index >= 15 is 0 Å². The summed E-state index contributed by atoms with van der Waals surface area (Å²) in [6.45, 7) is 12.9. The molecule has 0 heterocycles. The predicted octanol–water partition coefficient (Wildman–Crippen LogP) is 2.25. The van der Waals surface area contributed by atoms with Crippen molar-refractivity contribution in [2.24, 2.45) is 10.9 Å². The minimum absolute atomic E-state index is 0.162. The van der Waals surface area contributed by atoms with Crippen molar-refractivity contribution in [2.75, 3.05) is 39.3 Å². The van der Waals surface area contributed by atoms with Crippen molar-refractivity contribution in [2.45, 2.75) is 33.7 Å². The Morgan fingerprint density at radius 3 is 2.33 bits per heavy atom. The number of hydrogen-bond donors (Lipinski definition) is 3. The molecule has 0 saturated heterocycles.